The number of aromatic nitrogens is 2. The number of aryl methyl sites for hydroxylation is 2. The zero-order chi connectivity index (χ0) is 10.0. The van der Waals surface area contributed by atoms with Crippen LogP contribution in [0, 0.1) is 19.8 Å². The molecule has 1 unspecified atom stereocenters. The third kappa shape index (κ3) is 2.10. The summed E-state index contributed by atoms with van der Waals surface area (Å²) in [6.45, 7) is 9.06. The Labute approximate surface area is 79.8 Å². The molecule has 0 aromatic carbocycles. The third-order valence-electron chi connectivity index (χ3n) is 2.56. The Morgan fingerprint density at radius 2 is 2.00 bits per heavy atom. The maximum atomic E-state index is 5.71. The van der Waals surface area contributed by atoms with Gasteiger partial charge in [-0.1, -0.05) is 13.8 Å². The van der Waals surface area contributed by atoms with Gasteiger partial charge in [0, 0.05) is 18.2 Å². The summed E-state index contributed by atoms with van der Waals surface area (Å²) in [7, 11) is 0. The number of hydrogen-bond acceptors (Lipinski definition) is 2. The van der Waals surface area contributed by atoms with Crippen LogP contribution in [0.1, 0.15) is 37.0 Å². The Balaban J connectivity index is 2.92. The van der Waals surface area contributed by atoms with Crippen LogP contribution >= 0.6 is 0 Å². The Hall–Kier alpha value is -0.830. The Morgan fingerprint density at radius 1 is 1.38 bits per heavy atom. The van der Waals surface area contributed by atoms with Crippen LogP contribution in [-0.2, 0) is 0 Å². The normalized spacial score (nSPS) is 13.7. The number of imidazole rings is 1. The summed E-state index contributed by atoms with van der Waals surface area (Å²) in [5.74, 6) is 1.93. The lowest BCUT2D eigenvalue weighted by Gasteiger charge is -2.15. The van der Waals surface area contributed by atoms with Crippen molar-refractivity contribution in [3.8, 4) is 0 Å². The fraction of sp³-hybridized carbons (Fsp3) is 0.700. The standard InChI is InChI=1S/C10H19N3/c1-6(2)9(5-11)10-12-7(3)8(4)13-10/h6,9H,5,11H2,1-4H3,(H,12,13). The first-order valence-electron chi connectivity index (χ1n) is 4.79. The maximum absolute atomic E-state index is 5.71. The molecular weight excluding hydrogens is 162 g/mol. The molecule has 1 aromatic heterocycles. The lowest BCUT2D eigenvalue weighted by atomic mass is 9.95. The number of H-pyrrole nitrogens is 1. The molecule has 0 radical (unpaired) electrons. The van der Waals surface area contributed by atoms with Gasteiger partial charge >= 0.3 is 0 Å². The van der Waals surface area contributed by atoms with Crippen molar-refractivity contribution < 1.29 is 0 Å². The molecule has 1 heterocycles. The van der Waals surface area contributed by atoms with Gasteiger partial charge in [0.15, 0.2) is 0 Å². The molecule has 74 valence electrons. The number of rotatable bonds is 3. The van der Waals surface area contributed by atoms with E-state index < -0.39 is 0 Å². The second-order valence-corrected chi connectivity index (χ2v) is 3.92. The van der Waals surface area contributed by atoms with Gasteiger partial charge < -0.3 is 10.7 Å². The van der Waals surface area contributed by atoms with Gasteiger partial charge in [0.2, 0.25) is 0 Å². The van der Waals surface area contributed by atoms with Gasteiger partial charge in [-0.2, -0.15) is 0 Å². The summed E-state index contributed by atoms with van der Waals surface area (Å²) in [4.78, 5) is 7.75. The predicted octanol–water partition coefficient (Wildman–Crippen LogP) is 1.72. The second-order valence-electron chi connectivity index (χ2n) is 3.92. The van der Waals surface area contributed by atoms with Crippen LogP contribution in [-0.4, -0.2) is 16.5 Å². The van der Waals surface area contributed by atoms with Crippen molar-refractivity contribution in [3.05, 3.63) is 17.2 Å². The first kappa shape index (κ1) is 10.3. The van der Waals surface area contributed by atoms with Gasteiger partial charge in [0.05, 0.1) is 5.69 Å². The monoisotopic (exact) mass is 181 g/mol. The minimum Gasteiger partial charge on any atom is -0.346 e. The first-order chi connectivity index (χ1) is 6.06. The largest absolute Gasteiger partial charge is 0.346 e. The van der Waals surface area contributed by atoms with Crippen molar-refractivity contribution in [3.63, 3.8) is 0 Å². The highest BCUT2D eigenvalue weighted by atomic mass is 14.9. The molecule has 0 spiro atoms. The van der Waals surface area contributed by atoms with E-state index in [1.165, 1.54) is 0 Å². The molecule has 13 heavy (non-hydrogen) atoms. The molecular formula is C10H19N3. The average molecular weight is 181 g/mol. The summed E-state index contributed by atoms with van der Waals surface area (Å²) in [5.41, 5.74) is 7.93. The van der Waals surface area contributed by atoms with Crippen LogP contribution < -0.4 is 5.73 Å². The molecule has 0 aliphatic carbocycles. The molecule has 3 nitrogen and oxygen atoms in total. The number of nitrogens with two attached hydrogens (primary N) is 1. The molecule has 0 fully saturated rings. The van der Waals surface area contributed by atoms with E-state index in [-0.39, 0.29) is 0 Å². The lowest BCUT2D eigenvalue weighted by molar-refractivity contribution is 0.486. The molecule has 0 saturated carbocycles. The fourth-order valence-electron chi connectivity index (χ4n) is 1.45. The summed E-state index contributed by atoms with van der Waals surface area (Å²) < 4.78 is 0. The Morgan fingerprint density at radius 3 is 2.31 bits per heavy atom. The van der Waals surface area contributed by atoms with Gasteiger partial charge in [-0.25, -0.2) is 4.98 Å². The highest BCUT2D eigenvalue weighted by Crippen LogP contribution is 2.21. The number of aromatic amines is 1. The molecule has 0 amide bonds. The van der Waals surface area contributed by atoms with Crippen molar-refractivity contribution in [2.24, 2.45) is 11.7 Å². The molecule has 1 rings (SSSR count). The van der Waals surface area contributed by atoms with E-state index in [2.05, 4.69) is 23.8 Å². The van der Waals surface area contributed by atoms with Crippen molar-refractivity contribution in [2.75, 3.05) is 6.54 Å². The lowest BCUT2D eigenvalue weighted by Crippen LogP contribution is -2.19. The smallest absolute Gasteiger partial charge is 0.111 e. The highest BCUT2D eigenvalue weighted by molar-refractivity contribution is 5.14. The predicted molar refractivity (Wildman–Crippen MR) is 54.7 cm³/mol. The van der Waals surface area contributed by atoms with E-state index in [0.29, 0.717) is 18.4 Å². The first-order valence-corrected chi connectivity index (χ1v) is 4.79. The number of nitrogens with one attached hydrogen (secondary N) is 1. The topological polar surface area (TPSA) is 54.7 Å². The molecule has 0 aliphatic heterocycles. The van der Waals surface area contributed by atoms with Crippen LogP contribution in [0.4, 0.5) is 0 Å². The van der Waals surface area contributed by atoms with Gasteiger partial charge in [0.1, 0.15) is 5.82 Å². The minimum absolute atomic E-state index is 0.354. The summed E-state index contributed by atoms with van der Waals surface area (Å²) >= 11 is 0. The highest BCUT2D eigenvalue weighted by Gasteiger charge is 2.17. The van der Waals surface area contributed by atoms with E-state index in [1.807, 2.05) is 13.8 Å². The summed E-state index contributed by atoms with van der Waals surface area (Å²) in [5, 5.41) is 0. The number of nitrogens with zero attached hydrogens (tertiary/aromatic N) is 1. The third-order valence-corrected chi connectivity index (χ3v) is 2.56. The van der Waals surface area contributed by atoms with E-state index in [9.17, 15) is 0 Å². The average Bonchev–Trinajstić information content (AvgIpc) is 2.32. The van der Waals surface area contributed by atoms with Crippen LogP contribution in [0.2, 0.25) is 0 Å². The molecule has 1 atom stereocenters. The van der Waals surface area contributed by atoms with E-state index in [0.717, 1.165) is 17.2 Å². The van der Waals surface area contributed by atoms with Gasteiger partial charge in [-0.15, -0.1) is 0 Å². The van der Waals surface area contributed by atoms with Crippen LogP contribution in [0.5, 0.6) is 0 Å². The van der Waals surface area contributed by atoms with Gasteiger partial charge in [-0.05, 0) is 19.8 Å². The molecule has 0 aliphatic rings. The van der Waals surface area contributed by atoms with Crippen molar-refractivity contribution in [1.29, 1.82) is 0 Å². The second kappa shape index (κ2) is 3.92. The minimum atomic E-state index is 0.354. The van der Waals surface area contributed by atoms with Crippen LogP contribution in [0.15, 0.2) is 0 Å². The maximum Gasteiger partial charge on any atom is 0.111 e. The van der Waals surface area contributed by atoms with Gasteiger partial charge in [0.25, 0.3) is 0 Å². The fourth-order valence-corrected chi connectivity index (χ4v) is 1.45. The van der Waals surface area contributed by atoms with E-state index >= 15 is 0 Å². The number of hydrogen-bond donors (Lipinski definition) is 2. The molecule has 0 bridgehead atoms. The van der Waals surface area contributed by atoms with Crippen LogP contribution in [0.3, 0.4) is 0 Å². The Bertz CT molecular complexity index is 256. The summed E-state index contributed by atoms with van der Waals surface area (Å²) in [6.07, 6.45) is 0. The Kier molecular flexibility index (Phi) is 3.09. The zero-order valence-electron chi connectivity index (χ0n) is 8.89. The SMILES string of the molecule is Cc1nc(C(CN)C(C)C)[nH]c1C. The van der Waals surface area contributed by atoms with E-state index in [4.69, 9.17) is 5.73 Å². The summed E-state index contributed by atoms with van der Waals surface area (Å²) in [6, 6.07) is 0. The van der Waals surface area contributed by atoms with Crippen molar-refractivity contribution in [1.82, 2.24) is 9.97 Å². The van der Waals surface area contributed by atoms with Crippen molar-refractivity contribution in [2.45, 2.75) is 33.6 Å². The molecule has 0 saturated heterocycles. The van der Waals surface area contributed by atoms with Crippen LogP contribution in [0.25, 0.3) is 0 Å². The van der Waals surface area contributed by atoms with Crippen molar-refractivity contribution >= 4 is 0 Å². The molecule has 3 heteroatoms. The van der Waals surface area contributed by atoms with Gasteiger partial charge in [-0.3, -0.25) is 0 Å². The van der Waals surface area contributed by atoms with E-state index in [1.54, 1.807) is 0 Å². The zero-order valence-corrected chi connectivity index (χ0v) is 8.89. The molecule has 3 N–H and O–H groups in total. The quantitative estimate of drug-likeness (QED) is 0.746. The molecule has 1 aromatic rings.